The van der Waals surface area contributed by atoms with E-state index in [0.29, 0.717) is 11.5 Å². The molecule has 6 nitrogen and oxygen atoms in total. The molecule has 2 rings (SSSR count). The Labute approximate surface area is 103 Å². The minimum absolute atomic E-state index is 0.218. The first-order chi connectivity index (χ1) is 8.65. The van der Waals surface area contributed by atoms with Crippen molar-refractivity contribution in [3.63, 3.8) is 0 Å². The Morgan fingerprint density at radius 2 is 1.89 bits per heavy atom. The molecule has 0 radical (unpaired) electrons. The number of carboxylic acid groups (broad SMARTS) is 1. The zero-order valence-corrected chi connectivity index (χ0v) is 9.42. The van der Waals surface area contributed by atoms with Crippen LogP contribution < -0.4 is 16.4 Å². The minimum Gasteiger partial charge on any atom is -0.465 e. The number of nitrogens with zero attached hydrogens (tertiary/aromatic N) is 1. The van der Waals surface area contributed by atoms with Gasteiger partial charge in [0.15, 0.2) is 5.82 Å². The van der Waals surface area contributed by atoms with E-state index in [1.807, 2.05) is 30.3 Å². The van der Waals surface area contributed by atoms with Gasteiger partial charge in [-0.15, -0.1) is 0 Å². The molecule has 1 heterocycles. The van der Waals surface area contributed by atoms with Gasteiger partial charge in [-0.05, 0) is 24.3 Å². The Balaban J connectivity index is 2.24. The van der Waals surface area contributed by atoms with Crippen molar-refractivity contribution >= 4 is 29.1 Å². The smallest absolute Gasteiger partial charge is 0.410 e. The number of hydrogen-bond donors (Lipinski definition) is 4. The van der Waals surface area contributed by atoms with Crippen LogP contribution in [0.15, 0.2) is 42.5 Å². The van der Waals surface area contributed by atoms with Crippen molar-refractivity contribution in [3.8, 4) is 0 Å². The molecule has 0 aliphatic rings. The molecule has 0 fully saturated rings. The second-order valence-corrected chi connectivity index (χ2v) is 3.56. The van der Waals surface area contributed by atoms with Gasteiger partial charge in [0.05, 0.1) is 5.69 Å². The number of nitrogen functional groups attached to an aromatic ring is 1. The van der Waals surface area contributed by atoms with Crippen LogP contribution in [0.5, 0.6) is 0 Å². The molecule has 0 saturated carbocycles. The molecule has 1 aromatic carbocycles. The fourth-order valence-corrected chi connectivity index (χ4v) is 1.41. The van der Waals surface area contributed by atoms with Gasteiger partial charge in [0.25, 0.3) is 0 Å². The van der Waals surface area contributed by atoms with Gasteiger partial charge in [-0.3, -0.25) is 5.32 Å². The van der Waals surface area contributed by atoms with Crippen molar-refractivity contribution < 1.29 is 9.90 Å². The van der Waals surface area contributed by atoms with E-state index in [4.69, 9.17) is 10.8 Å². The van der Waals surface area contributed by atoms with Gasteiger partial charge >= 0.3 is 6.09 Å². The van der Waals surface area contributed by atoms with Gasteiger partial charge < -0.3 is 16.2 Å². The monoisotopic (exact) mass is 244 g/mol. The molecule has 0 saturated heterocycles. The Bertz CT molecular complexity index is 557. The van der Waals surface area contributed by atoms with Crippen LogP contribution >= 0.6 is 0 Å². The first-order valence-electron chi connectivity index (χ1n) is 5.23. The lowest BCUT2D eigenvalue weighted by Crippen LogP contribution is -2.10. The van der Waals surface area contributed by atoms with Gasteiger partial charge in [-0.25, -0.2) is 9.78 Å². The summed E-state index contributed by atoms with van der Waals surface area (Å²) in [5, 5.41) is 13.8. The Morgan fingerprint density at radius 3 is 2.56 bits per heavy atom. The predicted molar refractivity (Wildman–Crippen MR) is 70.0 cm³/mol. The summed E-state index contributed by atoms with van der Waals surface area (Å²) in [6, 6.07) is 12.4. The van der Waals surface area contributed by atoms with Crippen LogP contribution in [0.2, 0.25) is 0 Å². The maximum Gasteiger partial charge on any atom is 0.410 e. The maximum atomic E-state index is 10.5. The number of anilines is 4. The topological polar surface area (TPSA) is 100 Å². The summed E-state index contributed by atoms with van der Waals surface area (Å²) >= 11 is 0. The number of amides is 1. The number of hydrogen-bond acceptors (Lipinski definition) is 4. The van der Waals surface area contributed by atoms with E-state index < -0.39 is 6.09 Å². The summed E-state index contributed by atoms with van der Waals surface area (Å²) in [7, 11) is 0. The van der Waals surface area contributed by atoms with E-state index >= 15 is 0 Å². The number of nitrogens with one attached hydrogen (secondary N) is 2. The SMILES string of the molecule is Nc1ccc(NC(=O)O)nc1Nc1ccccc1. The van der Waals surface area contributed by atoms with Crippen LogP contribution in [0.1, 0.15) is 0 Å². The van der Waals surface area contributed by atoms with Crippen LogP contribution in [-0.4, -0.2) is 16.2 Å². The molecule has 6 heteroatoms. The van der Waals surface area contributed by atoms with Crippen molar-refractivity contribution in [3.05, 3.63) is 42.5 Å². The third kappa shape index (κ3) is 2.88. The van der Waals surface area contributed by atoms with Gasteiger partial charge in [0.1, 0.15) is 5.82 Å². The van der Waals surface area contributed by atoms with Crippen LogP contribution in [0.4, 0.5) is 27.8 Å². The molecule has 0 aliphatic heterocycles. The lowest BCUT2D eigenvalue weighted by Gasteiger charge is -2.09. The highest BCUT2D eigenvalue weighted by molar-refractivity contribution is 5.83. The second-order valence-electron chi connectivity index (χ2n) is 3.56. The largest absolute Gasteiger partial charge is 0.465 e. The molecule has 0 unspecified atom stereocenters. The minimum atomic E-state index is -1.17. The average molecular weight is 244 g/mol. The van der Waals surface area contributed by atoms with Gasteiger partial charge in [0, 0.05) is 5.69 Å². The molecule has 92 valence electrons. The van der Waals surface area contributed by atoms with Gasteiger partial charge in [-0.1, -0.05) is 18.2 Å². The molecule has 5 N–H and O–H groups in total. The highest BCUT2D eigenvalue weighted by Gasteiger charge is 2.05. The fraction of sp³-hybridized carbons (Fsp3) is 0. The summed E-state index contributed by atoms with van der Waals surface area (Å²) in [5.41, 5.74) is 7.03. The average Bonchev–Trinajstić information content (AvgIpc) is 2.34. The highest BCUT2D eigenvalue weighted by Crippen LogP contribution is 2.22. The fourth-order valence-electron chi connectivity index (χ4n) is 1.41. The molecule has 18 heavy (non-hydrogen) atoms. The highest BCUT2D eigenvalue weighted by atomic mass is 16.4. The third-order valence-electron chi connectivity index (χ3n) is 2.20. The van der Waals surface area contributed by atoms with Gasteiger partial charge in [-0.2, -0.15) is 0 Å². The maximum absolute atomic E-state index is 10.5. The van der Waals surface area contributed by atoms with Crippen LogP contribution in [0.3, 0.4) is 0 Å². The number of pyridine rings is 1. The number of para-hydroxylation sites is 1. The standard InChI is InChI=1S/C12H12N4O2/c13-9-6-7-10(16-12(17)18)15-11(9)14-8-4-2-1-3-5-8/h1-7H,13H2,(H,17,18)(H2,14,15,16). The van der Waals surface area contributed by atoms with Crippen LogP contribution in [0, 0.1) is 0 Å². The Hall–Kier alpha value is -2.76. The number of benzene rings is 1. The number of rotatable bonds is 3. The second kappa shape index (κ2) is 5.05. The molecule has 0 bridgehead atoms. The lowest BCUT2D eigenvalue weighted by molar-refractivity contribution is 0.209. The summed E-state index contributed by atoms with van der Waals surface area (Å²) < 4.78 is 0. The molecule has 0 atom stereocenters. The zero-order chi connectivity index (χ0) is 13.0. The summed E-state index contributed by atoms with van der Waals surface area (Å²) in [6.07, 6.45) is -1.17. The number of aromatic nitrogens is 1. The van der Waals surface area contributed by atoms with E-state index in [0.717, 1.165) is 5.69 Å². The molecule has 0 spiro atoms. The molecule has 1 amide bonds. The first-order valence-corrected chi connectivity index (χ1v) is 5.23. The zero-order valence-electron chi connectivity index (χ0n) is 9.42. The summed E-state index contributed by atoms with van der Waals surface area (Å²) in [5.74, 6) is 0.627. The molecule has 0 aliphatic carbocycles. The third-order valence-corrected chi connectivity index (χ3v) is 2.20. The van der Waals surface area contributed by atoms with E-state index in [9.17, 15) is 4.79 Å². The van der Waals surface area contributed by atoms with E-state index in [2.05, 4.69) is 15.6 Å². The first kappa shape index (κ1) is 11.7. The molecule has 2 aromatic rings. The quantitative estimate of drug-likeness (QED) is 0.664. The summed E-state index contributed by atoms with van der Waals surface area (Å²) in [4.78, 5) is 14.6. The molecule has 1 aromatic heterocycles. The van der Waals surface area contributed by atoms with Crippen molar-refractivity contribution in [2.45, 2.75) is 0 Å². The van der Waals surface area contributed by atoms with Crippen LogP contribution in [0.25, 0.3) is 0 Å². The number of carbonyl (C=O) groups is 1. The Morgan fingerprint density at radius 1 is 1.17 bits per heavy atom. The van der Waals surface area contributed by atoms with Crippen molar-refractivity contribution in [1.29, 1.82) is 0 Å². The van der Waals surface area contributed by atoms with Crippen molar-refractivity contribution in [1.82, 2.24) is 4.98 Å². The number of nitrogens with two attached hydrogens (primary N) is 1. The van der Waals surface area contributed by atoms with Crippen LogP contribution in [-0.2, 0) is 0 Å². The predicted octanol–water partition coefficient (Wildman–Crippen LogP) is 2.50. The molecular weight excluding hydrogens is 232 g/mol. The Kier molecular flexibility index (Phi) is 3.29. The van der Waals surface area contributed by atoms with Crippen molar-refractivity contribution in [2.75, 3.05) is 16.4 Å². The van der Waals surface area contributed by atoms with E-state index in [1.165, 1.54) is 6.07 Å². The van der Waals surface area contributed by atoms with Crippen molar-refractivity contribution in [2.24, 2.45) is 0 Å². The van der Waals surface area contributed by atoms with E-state index in [1.54, 1.807) is 6.07 Å². The van der Waals surface area contributed by atoms with E-state index in [-0.39, 0.29) is 5.82 Å². The van der Waals surface area contributed by atoms with Gasteiger partial charge in [0.2, 0.25) is 0 Å². The molecular formula is C12H12N4O2. The normalized spacial score (nSPS) is 9.78. The summed E-state index contributed by atoms with van der Waals surface area (Å²) in [6.45, 7) is 0. The lowest BCUT2D eigenvalue weighted by atomic mass is 10.3.